The number of ketones is 1. The van der Waals surface area contributed by atoms with Crippen LogP contribution in [0.3, 0.4) is 0 Å². The van der Waals surface area contributed by atoms with Crippen molar-refractivity contribution in [3.63, 3.8) is 0 Å². The van der Waals surface area contributed by atoms with E-state index in [1.165, 1.54) is 18.2 Å². The number of likely N-dealkylation sites (tertiary alicyclic amines) is 1. The Kier molecular flexibility index (Phi) is 5.98. The van der Waals surface area contributed by atoms with Crippen molar-refractivity contribution in [2.75, 3.05) is 11.9 Å². The van der Waals surface area contributed by atoms with Gasteiger partial charge >= 0.3 is 12.1 Å². The Morgan fingerprint density at radius 1 is 1.18 bits per heavy atom. The molecule has 2 fully saturated rings. The number of alkyl halides is 3. The fourth-order valence-corrected chi connectivity index (χ4v) is 4.07. The molecule has 1 heterocycles. The monoisotopic (exact) mass is 416 g/mol. The molecule has 0 radical (unpaired) electrons. The van der Waals surface area contributed by atoms with Crippen LogP contribution in [0, 0.1) is 5.92 Å². The van der Waals surface area contributed by atoms with Gasteiger partial charge in [0.2, 0.25) is 5.91 Å². The van der Waals surface area contributed by atoms with Crippen molar-refractivity contribution in [3.8, 4) is 0 Å². The summed E-state index contributed by atoms with van der Waals surface area (Å²) in [7, 11) is 0. The van der Waals surface area contributed by atoms with E-state index < -0.39 is 12.1 Å². The Morgan fingerprint density at radius 3 is 2.46 bits per heavy atom. The molecule has 0 aromatic heterocycles. The van der Waals surface area contributed by atoms with Crippen LogP contribution < -0.4 is 5.32 Å². The van der Waals surface area contributed by atoms with Crippen molar-refractivity contribution in [1.82, 2.24) is 4.90 Å². The summed E-state index contributed by atoms with van der Waals surface area (Å²) in [6.07, 6.45) is -1.50. The van der Waals surface area contributed by atoms with Crippen LogP contribution in [0.1, 0.15) is 37.7 Å². The first-order chi connectivity index (χ1) is 13.1. The lowest BCUT2D eigenvalue weighted by Crippen LogP contribution is -2.40. The van der Waals surface area contributed by atoms with Crippen LogP contribution in [0.5, 0.6) is 0 Å². The molecule has 5 nitrogen and oxygen atoms in total. The number of halogens is 4. The lowest BCUT2D eigenvalue weighted by Gasteiger charge is -2.30. The average molecular weight is 417 g/mol. The van der Waals surface area contributed by atoms with Gasteiger partial charge in [-0.1, -0.05) is 17.7 Å². The highest BCUT2D eigenvalue weighted by Gasteiger charge is 2.39. The second kappa shape index (κ2) is 8.11. The summed E-state index contributed by atoms with van der Waals surface area (Å²) in [5, 5.41) is 1.96. The van der Waals surface area contributed by atoms with Gasteiger partial charge in [-0.2, -0.15) is 13.2 Å². The first-order valence-corrected chi connectivity index (χ1v) is 9.51. The molecular formula is C19H20ClF3N2O3. The maximum Gasteiger partial charge on any atom is 0.471 e. The average Bonchev–Trinajstić information content (AvgIpc) is 2.98. The van der Waals surface area contributed by atoms with Crippen LogP contribution in [0.2, 0.25) is 5.02 Å². The third-order valence-electron chi connectivity index (χ3n) is 5.34. The number of benzene rings is 1. The summed E-state index contributed by atoms with van der Waals surface area (Å²) in [5.41, 5.74) is 0.591. The summed E-state index contributed by atoms with van der Waals surface area (Å²) in [5.74, 6) is -2.04. The summed E-state index contributed by atoms with van der Waals surface area (Å²) < 4.78 is 37.0. The number of anilines is 1. The predicted octanol–water partition coefficient (Wildman–Crippen LogP) is 3.74. The first-order valence-electron chi connectivity index (χ1n) is 9.14. The fraction of sp³-hybridized carbons (Fsp3) is 0.526. The van der Waals surface area contributed by atoms with E-state index in [2.05, 4.69) is 0 Å². The fourth-order valence-electron chi connectivity index (χ4n) is 3.81. The lowest BCUT2D eigenvalue weighted by molar-refractivity contribution is -0.167. The van der Waals surface area contributed by atoms with Crippen LogP contribution in [0.15, 0.2) is 18.2 Å². The van der Waals surface area contributed by atoms with Gasteiger partial charge in [0.15, 0.2) is 0 Å². The number of nitrogens with zero attached hydrogens (tertiary/aromatic N) is 1. The maximum absolute atomic E-state index is 12.7. The van der Waals surface area contributed by atoms with Crippen molar-refractivity contribution in [3.05, 3.63) is 28.8 Å². The van der Waals surface area contributed by atoms with E-state index in [0.29, 0.717) is 50.6 Å². The molecule has 1 saturated carbocycles. The highest BCUT2D eigenvalue weighted by Crippen LogP contribution is 2.32. The van der Waals surface area contributed by atoms with Gasteiger partial charge in [-0.05, 0) is 43.4 Å². The van der Waals surface area contributed by atoms with E-state index in [9.17, 15) is 27.6 Å². The normalized spacial score (nSPS) is 21.3. The summed E-state index contributed by atoms with van der Waals surface area (Å²) >= 11 is 6.16. The number of nitrogens with one attached hydrogen (secondary N) is 1. The first kappa shape index (κ1) is 20.6. The third-order valence-corrected chi connectivity index (χ3v) is 5.69. The van der Waals surface area contributed by atoms with Crippen LogP contribution in [-0.2, 0) is 20.8 Å². The van der Waals surface area contributed by atoms with E-state index in [1.807, 2.05) is 4.90 Å². The van der Waals surface area contributed by atoms with E-state index in [-0.39, 0.29) is 34.4 Å². The van der Waals surface area contributed by atoms with Crippen molar-refractivity contribution < 1.29 is 27.6 Å². The molecule has 28 heavy (non-hydrogen) atoms. The van der Waals surface area contributed by atoms with E-state index in [4.69, 9.17) is 11.6 Å². The molecule has 152 valence electrons. The molecule has 3 rings (SSSR count). The van der Waals surface area contributed by atoms with Crippen LogP contribution in [0.25, 0.3) is 0 Å². The number of hydrogen-bond acceptors (Lipinski definition) is 3. The molecule has 2 amide bonds. The second-order valence-corrected chi connectivity index (χ2v) is 7.66. The molecule has 2 aliphatic rings. The number of rotatable bonds is 4. The van der Waals surface area contributed by atoms with E-state index >= 15 is 0 Å². The molecule has 1 saturated heterocycles. The van der Waals surface area contributed by atoms with Crippen molar-refractivity contribution in [2.24, 2.45) is 5.92 Å². The predicted molar refractivity (Wildman–Crippen MR) is 96.9 cm³/mol. The summed E-state index contributed by atoms with van der Waals surface area (Å²) in [4.78, 5) is 37.0. The zero-order valence-corrected chi connectivity index (χ0v) is 15.8. The molecule has 1 aliphatic carbocycles. The molecule has 1 N–H and O–H groups in total. The minimum atomic E-state index is -4.98. The van der Waals surface area contributed by atoms with Gasteiger partial charge < -0.3 is 10.2 Å². The number of hydrogen-bond donors (Lipinski definition) is 1. The summed E-state index contributed by atoms with van der Waals surface area (Å²) in [6, 6.07) is 4.23. The Bertz CT molecular complexity index is 787. The molecule has 9 heteroatoms. The SMILES string of the molecule is O=C1CCC(N2CCC(Cc3ccc(NC(=O)C(F)(F)F)cc3Cl)C2=O)CC1. The Hall–Kier alpha value is -2.09. The molecule has 0 spiro atoms. The van der Waals surface area contributed by atoms with E-state index in [1.54, 1.807) is 5.32 Å². The number of carbonyl (C=O) groups is 3. The molecule has 1 aromatic carbocycles. The Labute approximate surface area is 165 Å². The zero-order chi connectivity index (χ0) is 20.5. The largest absolute Gasteiger partial charge is 0.471 e. The van der Waals surface area contributed by atoms with Gasteiger partial charge in [0.05, 0.1) is 0 Å². The van der Waals surface area contributed by atoms with Crippen molar-refractivity contribution in [1.29, 1.82) is 0 Å². The third kappa shape index (κ3) is 4.66. The Morgan fingerprint density at radius 2 is 1.86 bits per heavy atom. The van der Waals surface area contributed by atoms with Crippen LogP contribution >= 0.6 is 11.6 Å². The molecule has 1 atom stereocenters. The van der Waals surface area contributed by atoms with Crippen LogP contribution in [-0.4, -0.2) is 41.3 Å². The molecule has 1 aliphatic heterocycles. The van der Waals surface area contributed by atoms with Gasteiger partial charge in [-0.15, -0.1) is 0 Å². The second-order valence-electron chi connectivity index (χ2n) is 7.25. The van der Waals surface area contributed by atoms with Crippen LogP contribution in [0.4, 0.5) is 18.9 Å². The van der Waals surface area contributed by atoms with Gasteiger partial charge in [-0.25, -0.2) is 0 Å². The number of Topliss-reactive ketones (excluding diaryl/α,β-unsaturated/α-hetero) is 1. The molecule has 1 unspecified atom stereocenters. The summed E-state index contributed by atoms with van der Waals surface area (Å²) in [6.45, 7) is 0.639. The lowest BCUT2D eigenvalue weighted by atomic mass is 9.93. The van der Waals surface area contributed by atoms with Gasteiger partial charge in [0, 0.05) is 42.1 Å². The Balaban J connectivity index is 1.62. The molecule has 1 aromatic rings. The highest BCUT2D eigenvalue weighted by atomic mass is 35.5. The molecule has 0 bridgehead atoms. The number of amides is 2. The highest BCUT2D eigenvalue weighted by molar-refractivity contribution is 6.31. The molecular weight excluding hydrogens is 397 g/mol. The van der Waals surface area contributed by atoms with Gasteiger partial charge in [-0.3, -0.25) is 14.4 Å². The van der Waals surface area contributed by atoms with Gasteiger partial charge in [0.1, 0.15) is 5.78 Å². The topological polar surface area (TPSA) is 66.5 Å². The maximum atomic E-state index is 12.7. The standard InChI is InChI=1S/C19H20ClF3N2O3/c20-16-10-13(24-18(28)19(21,22)23)2-1-11(16)9-12-7-8-25(17(12)27)14-3-5-15(26)6-4-14/h1-2,10,12,14H,3-9H2,(H,24,28). The quantitative estimate of drug-likeness (QED) is 0.813. The zero-order valence-electron chi connectivity index (χ0n) is 15.0. The van der Waals surface area contributed by atoms with Crippen molar-refractivity contribution in [2.45, 2.75) is 50.7 Å². The minimum absolute atomic E-state index is 0.0323. The minimum Gasteiger partial charge on any atom is -0.339 e. The smallest absolute Gasteiger partial charge is 0.339 e. The van der Waals surface area contributed by atoms with Gasteiger partial charge in [0.25, 0.3) is 0 Å². The van der Waals surface area contributed by atoms with E-state index in [0.717, 1.165) is 0 Å². The van der Waals surface area contributed by atoms with Crippen molar-refractivity contribution >= 4 is 34.9 Å². The number of carbonyl (C=O) groups excluding carboxylic acids is 3.